The SMILES string of the molecule is C=C(C)C[C@H](CC(=O)O)c1ccccc1. The smallest absolute Gasteiger partial charge is 0.303 e. The predicted molar refractivity (Wildman–Crippen MR) is 60.9 cm³/mol. The van der Waals surface area contributed by atoms with Gasteiger partial charge < -0.3 is 5.11 Å². The first-order valence-electron chi connectivity index (χ1n) is 5.00. The summed E-state index contributed by atoms with van der Waals surface area (Å²) < 4.78 is 0. The van der Waals surface area contributed by atoms with E-state index in [0.717, 1.165) is 17.6 Å². The van der Waals surface area contributed by atoms with Crippen molar-refractivity contribution in [3.63, 3.8) is 0 Å². The number of rotatable bonds is 5. The van der Waals surface area contributed by atoms with Gasteiger partial charge in [0.1, 0.15) is 0 Å². The standard InChI is InChI=1S/C13H16O2/c1-10(2)8-12(9-13(14)15)11-6-4-3-5-7-11/h3-7,12H,1,8-9H2,2H3,(H,14,15)/t12-/m1/s1. The van der Waals surface area contributed by atoms with Crippen molar-refractivity contribution in [1.82, 2.24) is 0 Å². The fourth-order valence-electron chi connectivity index (χ4n) is 1.66. The Balaban J connectivity index is 2.81. The van der Waals surface area contributed by atoms with Gasteiger partial charge in [0.15, 0.2) is 0 Å². The monoisotopic (exact) mass is 204 g/mol. The van der Waals surface area contributed by atoms with Gasteiger partial charge in [-0.2, -0.15) is 0 Å². The molecule has 15 heavy (non-hydrogen) atoms. The molecule has 0 fully saturated rings. The van der Waals surface area contributed by atoms with Crippen molar-refractivity contribution >= 4 is 5.97 Å². The zero-order valence-corrected chi connectivity index (χ0v) is 8.94. The Morgan fingerprint density at radius 3 is 2.40 bits per heavy atom. The molecule has 2 nitrogen and oxygen atoms in total. The summed E-state index contributed by atoms with van der Waals surface area (Å²) in [5.74, 6) is -0.716. The molecule has 1 atom stereocenters. The third kappa shape index (κ3) is 3.98. The molecular formula is C13H16O2. The Morgan fingerprint density at radius 2 is 1.93 bits per heavy atom. The number of carboxylic acids is 1. The van der Waals surface area contributed by atoms with Crippen LogP contribution in [0, 0.1) is 0 Å². The van der Waals surface area contributed by atoms with Crippen molar-refractivity contribution < 1.29 is 9.90 Å². The fourth-order valence-corrected chi connectivity index (χ4v) is 1.66. The number of benzene rings is 1. The molecule has 0 aromatic heterocycles. The fraction of sp³-hybridized carbons (Fsp3) is 0.308. The van der Waals surface area contributed by atoms with E-state index in [1.165, 1.54) is 0 Å². The van der Waals surface area contributed by atoms with E-state index in [9.17, 15) is 4.79 Å². The van der Waals surface area contributed by atoms with Crippen molar-refractivity contribution in [2.75, 3.05) is 0 Å². The molecule has 80 valence electrons. The third-order valence-electron chi connectivity index (χ3n) is 2.29. The summed E-state index contributed by atoms with van der Waals surface area (Å²) in [5.41, 5.74) is 2.09. The van der Waals surface area contributed by atoms with Crippen LogP contribution in [0.5, 0.6) is 0 Å². The summed E-state index contributed by atoms with van der Waals surface area (Å²) in [4.78, 5) is 10.7. The van der Waals surface area contributed by atoms with E-state index in [2.05, 4.69) is 6.58 Å². The molecule has 1 aromatic rings. The lowest BCUT2D eigenvalue weighted by molar-refractivity contribution is -0.137. The molecule has 0 saturated carbocycles. The molecule has 0 spiro atoms. The van der Waals surface area contributed by atoms with Crippen LogP contribution in [0.2, 0.25) is 0 Å². The maximum Gasteiger partial charge on any atom is 0.303 e. The van der Waals surface area contributed by atoms with Crippen LogP contribution in [0.25, 0.3) is 0 Å². The van der Waals surface area contributed by atoms with Crippen molar-refractivity contribution in [1.29, 1.82) is 0 Å². The minimum Gasteiger partial charge on any atom is -0.481 e. The van der Waals surface area contributed by atoms with Gasteiger partial charge in [-0.3, -0.25) is 4.79 Å². The average molecular weight is 204 g/mol. The zero-order chi connectivity index (χ0) is 11.3. The molecular weight excluding hydrogens is 188 g/mol. The minimum absolute atomic E-state index is 0.0428. The maximum atomic E-state index is 10.7. The summed E-state index contributed by atoms with van der Waals surface area (Å²) in [6.07, 6.45) is 0.896. The molecule has 0 aliphatic carbocycles. The quantitative estimate of drug-likeness (QED) is 0.748. The van der Waals surface area contributed by atoms with Gasteiger partial charge in [-0.1, -0.05) is 35.9 Å². The van der Waals surface area contributed by atoms with E-state index < -0.39 is 5.97 Å². The molecule has 1 rings (SSSR count). The van der Waals surface area contributed by atoms with Crippen molar-refractivity contribution in [3.05, 3.63) is 48.0 Å². The molecule has 0 aliphatic rings. The highest BCUT2D eigenvalue weighted by atomic mass is 16.4. The van der Waals surface area contributed by atoms with E-state index in [4.69, 9.17) is 5.11 Å². The largest absolute Gasteiger partial charge is 0.481 e. The minimum atomic E-state index is -0.759. The van der Waals surface area contributed by atoms with Crippen molar-refractivity contribution in [3.8, 4) is 0 Å². The first-order chi connectivity index (χ1) is 7.09. The normalized spacial score (nSPS) is 12.1. The Kier molecular flexibility index (Phi) is 4.10. The van der Waals surface area contributed by atoms with Crippen LogP contribution in [0.4, 0.5) is 0 Å². The third-order valence-corrected chi connectivity index (χ3v) is 2.29. The van der Waals surface area contributed by atoms with Crippen molar-refractivity contribution in [2.24, 2.45) is 0 Å². The molecule has 1 aromatic carbocycles. The van der Waals surface area contributed by atoms with Gasteiger partial charge in [0.2, 0.25) is 0 Å². The first kappa shape index (κ1) is 11.5. The van der Waals surface area contributed by atoms with Crippen LogP contribution in [0.1, 0.15) is 31.2 Å². The van der Waals surface area contributed by atoms with Crippen LogP contribution in [-0.4, -0.2) is 11.1 Å². The maximum absolute atomic E-state index is 10.7. The molecule has 0 saturated heterocycles. The summed E-state index contributed by atoms with van der Waals surface area (Å²) in [5, 5.41) is 8.83. The van der Waals surface area contributed by atoms with Gasteiger partial charge in [-0.15, -0.1) is 6.58 Å². The average Bonchev–Trinajstić information content (AvgIpc) is 2.17. The second kappa shape index (κ2) is 5.35. The Labute approximate surface area is 90.3 Å². The number of hydrogen-bond donors (Lipinski definition) is 1. The van der Waals surface area contributed by atoms with Gasteiger partial charge in [0, 0.05) is 0 Å². The number of carboxylic acid groups (broad SMARTS) is 1. The Hall–Kier alpha value is -1.57. The summed E-state index contributed by atoms with van der Waals surface area (Å²) in [7, 11) is 0. The Bertz CT molecular complexity index is 325. The van der Waals surface area contributed by atoms with Gasteiger partial charge in [-0.25, -0.2) is 0 Å². The van der Waals surface area contributed by atoms with Crippen LogP contribution in [0.15, 0.2) is 42.5 Å². The summed E-state index contributed by atoms with van der Waals surface area (Å²) >= 11 is 0. The molecule has 0 amide bonds. The topological polar surface area (TPSA) is 37.3 Å². The predicted octanol–water partition coefficient (Wildman–Crippen LogP) is 3.21. The summed E-state index contributed by atoms with van der Waals surface area (Å²) in [6.45, 7) is 5.76. The van der Waals surface area contributed by atoms with Crippen molar-refractivity contribution in [2.45, 2.75) is 25.7 Å². The first-order valence-corrected chi connectivity index (χ1v) is 5.00. The van der Waals surface area contributed by atoms with E-state index in [1.54, 1.807) is 0 Å². The van der Waals surface area contributed by atoms with Gasteiger partial charge in [0.05, 0.1) is 6.42 Å². The zero-order valence-electron chi connectivity index (χ0n) is 8.94. The van der Waals surface area contributed by atoms with Gasteiger partial charge >= 0.3 is 5.97 Å². The van der Waals surface area contributed by atoms with Crippen LogP contribution in [0.3, 0.4) is 0 Å². The second-order valence-electron chi connectivity index (χ2n) is 3.87. The van der Waals surface area contributed by atoms with E-state index in [-0.39, 0.29) is 12.3 Å². The molecule has 0 radical (unpaired) electrons. The number of carbonyl (C=O) groups is 1. The highest BCUT2D eigenvalue weighted by Crippen LogP contribution is 2.26. The lowest BCUT2D eigenvalue weighted by Crippen LogP contribution is -2.06. The molecule has 2 heteroatoms. The van der Waals surface area contributed by atoms with Crippen LogP contribution < -0.4 is 0 Å². The number of aliphatic carboxylic acids is 1. The van der Waals surface area contributed by atoms with Gasteiger partial charge in [0.25, 0.3) is 0 Å². The Morgan fingerprint density at radius 1 is 1.33 bits per heavy atom. The molecule has 1 N–H and O–H groups in total. The second-order valence-corrected chi connectivity index (χ2v) is 3.87. The van der Waals surface area contributed by atoms with Gasteiger partial charge in [-0.05, 0) is 24.8 Å². The highest BCUT2D eigenvalue weighted by Gasteiger charge is 2.15. The molecule has 0 heterocycles. The number of hydrogen-bond acceptors (Lipinski definition) is 1. The van der Waals surface area contributed by atoms with Crippen LogP contribution >= 0.6 is 0 Å². The lowest BCUT2D eigenvalue weighted by Gasteiger charge is -2.14. The molecule has 0 unspecified atom stereocenters. The highest BCUT2D eigenvalue weighted by molar-refractivity contribution is 5.68. The van der Waals surface area contributed by atoms with Crippen LogP contribution in [-0.2, 0) is 4.79 Å². The summed E-state index contributed by atoms with van der Waals surface area (Å²) in [6, 6.07) is 9.74. The van der Waals surface area contributed by atoms with E-state index in [1.807, 2.05) is 37.3 Å². The molecule has 0 bridgehead atoms. The van der Waals surface area contributed by atoms with E-state index in [0.29, 0.717) is 0 Å². The number of allylic oxidation sites excluding steroid dienone is 1. The molecule has 0 aliphatic heterocycles. The van der Waals surface area contributed by atoms with E-state index >= 15 is 0 Å². The lowest BCUT2D eigenvalue weighted by atomic mass is 9.90.